The number of halogens is 3. The number of nitrogens with zero attached hydrogens (tertiary/aromatic N) is 2. The largest absolute Gasteiger partial charge is 0.389 e. The van der Waals surface area contributed by atoms with E-state index in [9.17, 15) is 27.6 Å². The van der Waals surface area contributed by atoms with Gasteiger partial charge in [0.1, 0.15) is 12.1 Å². The maximum atomic E-state index is 13.0. The van der Waals surface area contributed by atoms with Gasteiger partial charge in [0, 0.05) is 48.5 Å². The zero-order valence-electron chi connectivity index (χ0n) is 17.3. The molecule has 7 nitrogen and oxygen atoms in total. The summed E-state index contributed by atoms with van der Waals surface area (Å²) in [5.41, 5.74) is 1.32. The number of aromatic nitrogens is 1. The van der Waals surface area contributed by atoms with Gasteiger partial charge in [-0.2, -0.15) is 13.2 Å². The third kappa shape index (κ3) is 5.30. The Morgan fingerprint density at radius 2 is 2.16 bits per heavy atom. The molecule has 1 aromatic heterocycles. The lowest BCUT2D eigenvalue weighted by Gasteiger charge is -2.25. The van der Waals surface area contributed by atoms with Crippen LogP contribution in [0.1, 0.15) is 44.7 Å². The molecule has 0 saturated carbocycles. The highest BCUT2D eigenvalue weighted by Gasteiger charge is 2.41. The number of aldehydes is 1. The van der Waals surface area contributed by atoms with Gasteiger partial charge < -0.3 is 20.3 Å². The van der Waals surface area contributed by atoms with Gasteiger partial charge in [0.15, 0.2) is 5.78 Å². The number of anilines is 1. The van der Waals surface area contributed by atoms with E-state index in [1.165, 1.54) is 0 Å². The second-order valence-electron chi connectivity index (χ2n) is 8.40. The van der Waals surface area contributed by atoms with Gasteiger partial charge in [-0.3, -0.25) is 9.59 Å². The molecule has 0 unspecified atom stereocenters. The molecule has 2 aliphatic heterocycles. The van der Waals surface area contributed by atoms with Gasteiger partial charge in [0.25, 0.3) is 0 Å². The van der Waals surface area contributed by atoms with Crippen LogP contribution in [0.25, 0.3) is 0 Å². The summed E-state index contributed by atoms with van der Waals surface area (Å²) >= 11 is 0. The van der Waals surface area contributed by atoms with Crippen molar-refractivity contribution < 1.29 is 27.6 Å². The van der Waals surface area contributed by atoms with Gasteiger partial charge in [-0.25, -0.2) is 4.98 Å². The number of hydrogen-bond donors (Lipinski definition) is 2. The summed E-state index contributed by atoms with van der Waals surface area (Å²) in [5.74, 6) is -0.440. The van der Waals surface area contributed by atoms with E-state index in [1.807, 2.05) is 4.90 Å². The normalized spacial score (nSPS) is 20.9. The van der Waals surface area contributed by atoms with Crippen LogP contribution >= 0.6 is 0 Å². The maximum Gasteiger partial charge on any atom is 0.389 e. The molecule has 2 aliphatic rings. The Bertz CT molecular complexity index is 898. The molecular weight excluding hydrogens is 413 g/mol. The lowest BCUT2D eigenvalue weighted by molar-refractivity contribution is -0.144. The predicted octanol–water partition coefficient (Wildman–Crippen LogP) is 2.44. The zero-order chi connectivity index (χ0) is 22.8. The highest BCUT2D eigenvalue weighted by Crippen LogP contribution is 2.45. The minimum Gasteiger partial charge on any atom is -0.345 e. The Hall–Kier alpha value is -2.75. The summed E-state index contributed by atoms with van der Waals surface area (Å²) in [5, 5.41) is 5.25. The van der Waals surface area contributed by atoms with Gasteiger partial charge in [0.2, 0.25) is 5.91 Å². The molecule has 0 radical (unpaired) electrons. The van der Waals surface area contributed by atoms with Crippen LogP contribution in [0.4, 0.5) is 19.0 Å². The second-order valence-corrected chi connectivity index (χ2v) is 8.40. The molecule has 0 spiro atoms. The fraction of sp³-hybridized carbons (Fsp3) is 0.524. The quantitative estimate of drug-likeness (QED) is 0.636. The number of ketones is 1. The Morgan fingerprint density at radius 3 is 2.84 bits per heavy atom. The summed E-state index contributed by atoms with van der Waals surface area (Å²) in [6.07, 6.45) is -1.95. The first-order chi connectivity index (χ1) is 14.5. The Morgan fingerprint density at radius 1 is 1.42 bits per heavy atom. The van der Waals surface area contributed by atoms with Crippen molar-refractivity contribution in [1.29, 1.82) is 0 Å². The molecule has 3 heterocycles. The number of hydrogen-bond acceptors (Lipinski definition) is 6. The number of nitrogens with one attached hydrogen (secondary N) is 2. The first-order valence-electron chi connectivity index (χ1n) is 10.0. The van der Waals surface area contributed by atoms with Gasteiger partial charge in [-0.15, -0.1) is 0 Å². The fourth-order valence-electron chi connectivity index (χ4n) is 3.85. The number of pyridine rings is 1. The fourth-order valence-corrected chi connectivity index (χ4v) is 3.85. The Labute approximate surface area is 178 Å². The number of allylic oxidation sites excluding steroid dienone is 1. The zero-order valence-corrected chi connectivity index (χ0v) is 17.3. The number of carbonyl (C=O) groups is 3. The molecule has 0 aliphatic carbocycles. The molecule has 1 fully saturated rings. The molecule has 168 valence electrons. The van der Waals surface area contributed by atoms with Crippen LogP contribution in [-0.2, 0) is 14.4 Å². The second kappa shape index (κ2) is 8.78. The van der Waals surface area contributed by atoms with Crippen LogP contribution < -0.4 is 15.5 Å². The molecule has 31 heavy (non-hydrogen) atoms. The lowest BCUT2D eigenvalue weighted by Crippen LogP contribution is -2.45. The van der Waals surface area contributed by atoms with Crippen molar-refractivity contribution in [2.24, 2.45) is 5.41 Å². The average molecular weight is 438 g/mol. The van der Waals surface area contributed by atoms with Crippen LogP contribution in [-0.4, -0.2) is 48.3 Å². The van der Waals surface area contributed by atoms with Gasteiger partial charge in [-0.1, -0.05) is 19.9 Å². The molecule has 2 atom stereocenters. The molecule has 3 rings (SSSR count). The summed E-state index contributed by atoms with van der Waals surface area (Å²) in [6, 6.07) is 1.62. The van der Waals surface area contributed by atoms with Crippen molar-refractivity contribution in [3.63, 3.8) is 0 Å². The summed E-state index contributed by atoms with van der Waals surface area (Å²) in [7, 11) is 0. The Balaban J connectivity index is 1.74. The standard InChI is InChI=1S/C21H25F3N4O3/c1-20(2)7-9-28-16(20)10-15(30)18(14-4-3-8-25-19(14)28)26-11-13(12-29)27-17(31)5-6-21(22,23)24/h3-4,8,10,12-13,18,26H,5-7,9,11H2,1-2H3,(H,27,31)/t13-,18+/m0/s1. The molecule has 1 aromatic rings. The first-order valence-corrected chi connectivity index (χ1v) is 10.0. The van der Waals surface area contributed by atoms with Crippen LogP contribution in [0.15, 0.2) is 30.1 Å². The molecule has 1 saturated heterocycles. The minimum absolute atomic E-state index is 0.113. The third-order valence-corrected chi connectivity index (χ3v) is 5.58. The van der Waals surface area contributed by atoms with E-state index in [0.29, 0.717) is 17.7 Å². The number of amides is 1. The molecule has 1 amide bonds. The van der Waals surface area contributed by atoms with E-state index < -0.39 is 37.0 Å². The SMILES string of the molecule is CC1(C)CCN2C1=CC(=O)[C@H](NC[C@@H](C=O)NC(=O)CCC(F)(F)F)c1cccnc12. The number of carbonyl (C=O) groups excluding carboxylic acids is 3. The minimum atomic E-state index is -4.45. The van der Waals surface area contributed by atoms with Crippen molar-refractivity contribution in [3.05, 3.63) is 35.7 Å². The van der Waals surface area contributed by atoms with Crippen LogP contribution in [0.5, 0.6) is 0 Å². The van der Waals surface area contributed by atoms with Crippen LogP contribution in [0.2, 0.25) is 0 Å². The topological polar surface area (TPSA) is 91.4 Å². The van der Waals surface area contributed by atoms with Gasteiger partial charge in [0.05, 0.1) is 18.5 Å². The van der Waals surface area contributed by atoms with Gasteiger partial charge in [-0.05, 0) is 12.5 Å². The van der Waals surface area contributed by atoms with Crippen LogP contribution in [0.3, 0.4) is 0 Å². The monoisotopic (exact) mass is 438 g/mol. The van der Waals surface area contributed by atoms with E-state index in [1.54, 1.807) is 24.4 Å². The van der Waals surface area contributed by atoms with Gasteiger partial charge >= 0.3 is 6.18 Å². The first kappa shape index (κ1) is 22.9. The molecule has 0 aromatic carbocycles. The number of fused-ring (bicyclic) bond motifs is 3. The van der Waals surface area contributed by atoms with E-state index in [4.69, 9.17) is 0 Å². The Kier molecular flexibility index (Phi) is 6.49. The van der Waals surface area contributed by atoms with Crippen LogP contribution in [0, 0.1) is 5.41 Å². The molecular formula is C21H25F3N4O3. The maximum absolute atomic E-state index is 13.0. The van der Waals surface area contributed by atoms with Crippen molar-refractivity contribution in [2.45, 2.75) is 51.4 Å². The molecule has 0 bridgehead atoms. The van der Waals surface area contributed by atoms with E-state index in [0.717, 1.165) is 18.7 Å². The predicted molar refractivity (Wildman–Crippen MR) is 107 cm³/mol. The smallest absolute Gasteiger partial charge is 0.345 e. The number of alkyl halides is 3. The number of rotatable bonds is 7. The summed E-state index contributed by atoms with van der Waals surface area (Å²) < 4.78 is 36.9. The third-order valence-electron chi connectivity index (χ3n) is 5.58. The van der Waals surface area contributed by atoms with Crippen molar-refractivity contribution in [2.75, 3.05) is 18.0 Å². The summed E-state index contributed by atoms with van der Waals surface area (Å²) in [6.45, 7) is 4.72. The van der Waals surface area contributed by atoms with E-state index in [2.05, 4.69) is 29.5 Å². The van der Waals surface area contributed by atoms with Crippen molar-refractivity contribution >= 4 is 23.8 Å². The molecule has 10 heteroatoms. The van der Waals surface area contributed by atoms with Crippen molar-refractivity contribution in [3.8, 4) is 0 Å². The van der Waals surface area contributed by atoms with E-state index >= 15 is 0 Å². The highest BCUT2D eigenvalue weighted by molar-refractivity contribution is 5.98. The average Bonchev–Trinajstić information content (AvgIpc) is 2.92. The highest BCUT2D eigenvalue weighted by atomic mass is 19.4. The summed E-state index contributed by atoms with van der Waals surface area (Å²) in [4.78, 5) is 42.6. The van der Waals surface area contributed by atoms with Crippen molar-refractivity contribution in [1.82, 2.24) is 15.6 Å². The van der Waals surface area contributed by atoms with E-state index in [-0.39, 0.29) is 17.7 Å². The lowest BCUT2D eigenvalue weighted by atomic mass is 9.88. The molecule has 2 N–H and O–H groups in total.